The van der Waals surface area contributed by atoms with Crippen molar-refractivity contribution in [3.05, 3.63) is 29.8 Å². The van der Waals surface area contributed by atoms with E-state index in [1.165, 1.54) is 24.3 Å². The molecule has 0 spiro atoms. The van der Waals surface area contributed by atoms with Crippen molar-refractivity contribution < 1.29 is 117 Å². The maximum Gasteiger partial charge on any atom is 0.326 e. The second-order valence-corrected chi connectivity index (χ2v) is 30.7. The van der Waals surface area contributed by atoms with Crippen LogP contribution in [0.25, 0.3) is 0 Å². The Morgan fingerprint density at radius 3 is 1.21 bits per heavy atom. The Labute approximate surface area is 566 Å². The van der Waals surface area contributed by atoms with Gasteiger partial charge in [0.2, 0.25) is 29.5 Å². The van der Waals surface area contributed by atoms with E-state index in [4.69, 9.17) is 5.11 Å². The minimum Gasteiger partial charge on any atom is -0.481 e. The molecule has 0 saturated carbocycles. The second-order valence-electron chi connectivity index (χ2n) is 25.8. The predicted octanol–water partition coefficient (Wildman–Crippen LogP) is -1.56. The summed E-state index contributed by atoms with van der Waals surface area (Å²) >= 11 is 0. The first-order valence-electron chi connectivity index (χ1n) is 32.0. The van der Waals surface area contributed by atoms with Gasteiger partial charge in [-0.2, -0.15) is 0 Å². The van der Waals surface area contributed by atoms with Crippen molar-refractivity contribution in [1.29, 1.82) is 0 Å². The molecular formula is C61H97FN12O23Si. The Balaban J connectivity index is 2.09. The van der Waals surface area contributed by atoms with Crippen LogP contribution in [0, 0.1) is 0 Å². The van der Waals surface area contributed by atoms with Gasteiger partial charge in [-0.15, -0.1) is 0 Å². The highest BCUT2D eigenvalue weighted by atomic mass is 28.4. The van der Waals surface area contributed by atoms with Gasteiger partial charge in [0, 0.05) is 103 Å². The maximum absolute atomic E-state index is 17.2. The highest BCUT2D eigenvalue weighted by Crippen LogP contribution is 2.51. The number of carbonyl (C=O) groups is 15. The van der Waals surface area contributed by atoms with Crippen LogP contribution in [0.5, 0.6) is 0 Å². The van der Waals surface area contributed by atoms with Gasteiger partial charge < -0.3 is 87.5 Å². The number of hydrogen-bond donors (Lipinski definition) is 16. The van der Waals surface area contributed by atoms with Crippen LogP contribution in [-0.2, 0) is 62.3 Å². The Morgan fingerprint density at radius 2 is 0.796 bits per heavy atom. The second kappa shape index (κ2) is 42.0. The number of urea groups is 1. The lowest BCUT2D eigenvalue weighted by Crippen LogP contribution is -2.58. The van der Waals surface area contributed by atoms with E-state index in [1.807, 2.05) is 10.6 Å². The van der Waals surface area contributed by atoms with Gasteiger partial charge in [0.1, 0.15) is 30.2 Å². The third kappa shape index (κ3) is 32.4. The molecule has 0 aromatic heterocycles. The molecule has 1 heterocycles. The van der Waals surface area contributed by atoms with Crippen LogP contribution in [0.15, 0.2) is 24.3 Å². The van der Waals surface area contributed by atoms with Crippen LogP contribution < -0.4 is 47.7 Å². The molecule has 550 valence electrons. The number of rotatable bonds is 41. The first-order valence-corrected chi connectivity index (χ1v) is 33.9. The van der Waals surface area contributed by atoms with Crippen molar-refractivity contribution in [3.63, 3.8) is 0 Å². The number of aliphatic carboxylic acids is 8. The number of nitrogens with one attached hydrogen (secondary N) is 8. The number of hydrogen-bond acceptors (Lipinski definition) is 19. The molecule has 98 heavy (non-hydrogen) atoms. The highest BCUT2D eigenvalue weighted by molar-refractivity contribution is 6.90. The standard InChI is InChI=1S/C61H97FN12O23Si/c1-60(2,3)98(62,61(4,5)6)39-17-15-38(16-18-39)53(87)68-44(33-65-48(78)34-71-25-27-72(35-50(81)82)29-31-74(37-52(85)86)32-30-73(28-26-71)36-51(83)84)54(88)67-41(56(91)92)11-7-8-23-63-45(75)21-22-46(76)64-24-10-13-40(55(89)90)66-47(77)20-19-43(58(95)96)70-59(97)69-42(57(93)94)12-9-14-49(79)80/h15-18,40-44H,7-14,19-37H2,1-6H3,(H,63,75)(H,64,76)(H,65,78)(H,66,77)(H,67,88)(H,68,87)(H,79,80)(H,81,82)(H,83,84)(H,85,86)(H,89,90)(H,91,92)(H,93,94)(H,95,96)(H2,69,70,97)/t40?,41?,42-,43-,44?/m0/s1. The number of carbonyl (C=O) groups excluding carboxylic acids is 7. The van der Waals surface area contributed by atoms with E-state index < -0.39 is 170 Å². The normalized spacial score (nSPS) is 15.5. The Bertz CT molecular complexity index is 2890. The van der Waals surface area contributed by atoms with E-state index in [1.54, 1.807) is 61.1 Å². The molecule has 5 atom stereocenters. The van der Waals surface area contributed by atoms with Crippen molar-refractivity contribution in [2.45, 2.75) is 159 Å². The average Bonchev–Trinajstić information content (AvgIpc) is 0.749. The number of unbranched alkanes of at least 4 members (excludes halogenated alkanes) is 1. The van der Waals surface area contributed by atoms with E-state index in [-0.39, 0.29) is 148 Å². The van der Waals surface area contributed by atoms with Gasteiger partial charge in [-0.25, -0.2) is 24.0 Å². The molecule has 1 aromatic carbocycles. The van der Waals surface area contributed by atoms with Crippen LogP contribution in [-0.4, -0.2) is 286 Å². The zero-order valence-electron chi connectivity index (χ0n) is 56.2. The monoisotopic (exact) mass is 1410 g/mol. The van der Waals surface area contributed by atoms with Crippen molar-refractivity contribution in [1.82, 2.24) is 62.1 Å². The SMILES string of the molecule is CC(C)(C)[Si](F)(c1ccc(C(=O)NC(CNC(=O)CN2CCN(CC(=O)O)CCN(CC(=O)O)CCN(CC(=O)O)CC2)C(=O)NC(CCCCNC(=O)CCC(=O)NCCCC(NC(=O)CC[C@H](NC(=O)N[C@@H](CCCC(=O)O)C(=O)O)C(=O)O)C(=O)O)C(=O)O)cc1)C(C)(C)C. The summed E-state index contributed by atoms with van der Waals surface area (Å²) in [5.74, 6) is -15.3. The fourth-order valence-corrected chi connectivity index (χ4v) is 15.5. The van der Waals surface area contributed by atoms with Gasteiger partial charge in [-0.05, 0) is 78.8 Å². The van der Waals surface area contributed by atoms with Crippen molar-refractivity contribution in [2.24, 2.45) is 0 Å². The third-order valence-corrected chi connectivity index (χ3v) is 21.2. The van der Waals surface area contributed by atoms with E-state index in [9.17, 15) is 108 Å². The molecule has 8 amide bonds. The molecule has 1 saturated heterocycles. The van der Waals surface area contributed by atoms with E-state index in [0.717, 1.165) is 0 Å². The molecule has 1 aromatic rings. The quantitative estimate of drug-likeness (QED) is 0.0200. The number of benzene rings is 1. The van der Waals surface area contributed by atoms with E-state index >= 15 is 4.11 Å². The molecule has 0 bridgehead atoms. The van der Waals surface area contributed by atoms with Gasteiger partial charge in [-0.3, -0.25) is 67.5 Å². The largest absolute Gasteiger partial charge is 0.481 e. The number of carboxylic acid groups (broad SMARTS) is 8. The summed E-state index contributed by atoms with van der Waals surface area (Å²) < 4.78 is 17.2. The fraction of sp³-hybridized carbons (Fsp3) is 0.656. The van der Waals surface area contributed by atoms with Gasteiger partial charge in [-0.1, -0.05) is 53.7 Å². The van der Waals surface area contributed by atoms with Gasteiger partial charge in [0.15, 0.2) is 0 Å². The molecule has 0 radical (unpaired) electrons. The molecule has 1 aliphatic rings. The number of nitrogens with zero attached hydrogens (tertiary/aromatic N) is 4. The topological polar surface area (TPSA) is 527 Å². The van der Waals surface area contributed by atoms with E-state index in [0.29, 0.717) is 5.19 Å². The number of halogens is 1. The minimum atomic E-state index is -3.78. The zero-order chi connectivity index (χ0) is 74.1. The van der Waals surface area contributed by atoms with Crippen LogP contribution in [0.4, 0.5) is 8.90 Å². The summed E-state index contributed by atoms with van der Waals surface area (Å²) in [7, 11) is -3.78. The molecule has 2 rings (SSSR count). The first kappa shape index (κ1) is 85.1. The fourth-order valence-electron chi connectivity index (χ4n) is 10.9. The Morgan fingerprint density at radius 1 is 0.408 bits per heavy atom. The Hall–Kier alpha value is -8.94. The molecule has 1 aliphatic heterocycles. The Kier molecular flexibility index (Phi) is 36.5. The first-order chi connectivity index (χ1) is 45.7. The number of amides is 8. The van der Waals surface area contributed by atoms with Gasteiger partial charge >= 0.3 is 53.8 Å². The minimum absolute atomic E-state index is 0.00385. The zero-order valence-corrected chi connectivity index (χ0v) is 57.2. The lowest BCUT2D eigenvalue weighted by molar-refractivity contribution is -0.142. The molecule has 16 N–H and O–H groups in total. The van der Waals surface area contributed by atoms with Gasteiger partial charge in [0.05, 0.1) is 26.2 Å². The maximum atomic E-state index is 17.2. The van der Waals surface area contributed by atoms with Crippen LogP contribution in [0.2, 0.25) is 10.1 Å². The van der Waals surface area contributed by atoms with Crippen LogP contribution >= 0.6 is 0 Å². The summed E-state index contributed by atoms with van der Waals surface area (Å²) in [5, 5.41) is 94.1. The van der Waals surface area contributed by atoms with Crippen molar-refractivity contribution in [3.8, 4) is 0 Å². The van der Waals surface area contributed by atoms with Gasteiger partial charge in [0.25, 0.3) is 14.3 Å². The molecule has 3 unspecified atom stereocenters. The molecule has 37 heteroatoms. The molecular weight excluding hydrogens is 1320 g/mol. The molecule has 1 fully saturated rings. The van der Waals surface area contributed by atoms with Crippen LogP contribution in [0.3, 0.4) is 0 Å². The summed E-state index contributed by atoms with van der Waals surface area (Å²) in [5.41, 5.74) is 0.00385. The number of carboxylic acids is 8. The van der Waals surface area contributed by atoms with Crippen LogP contribution in [0.1, 0.15) is 129 Å². The predicted molar refractivity (Wildman–Crippen MR) is 348 cm³/mol. The molecule has 0 aliphatic carbocycles. The third-order valence-electron chi connectivity index (χ3n) is 15.9. The summed E-state index contributed by atoms with van der Waals surface area (Å²) in [6.45, 7) is 9.37. The summed E-state index contributed by atoms with van der Waals surface area (Å²) in [6.07, 6.45) is -2.59. The lowest BCUT2D eigenvalue weighted by Gasteiger charge is -2.44. The smallest absolute Gasteiger partial charge is 0.326 e. The van der Waals surface area contributed by atoms with Crippen molar-refractivity contribution in [2.75, 3.05) is 98.2 Å². The average molecular weight is 1410 g/mol. The summed E-state index contributed by atoms with van der Waals surface area (Å²) in [4.78, 5) is 192. The molecule has 35 nitrogen and oxygen atoms in total. The highest BCUT2D eigenvalue weighted by Gasteiger charge is 2.56. The van der Waals surface area contributed by atoms with Crippen molar-refractivity contribution >= 4 is 103 Å². The van der Waals surface area contributed by atoms with E-state index in [2.05, 4.69) is 31.9 Å². The summed E-state index contributed by atoms with van der Waals surface area (Å²) in [6, 6.07) is -3.36. The lowest BCUT2D eigenvalue weighted by atomic mass is 10.1.